The highest BCUT2D eigenvalue weighted by molar-refractivity contribution is 7.87. The molecule has 0 aliphatic carbocycles. The van der Waals surface area contributed by atoms with Crippen molar-refractivity contribution in [2.75, 3.05) is 31.1 Å². The minimum absolute atomic E-state index is 0.0767. The van der Waals surface area contributed by atoms with E-state index in [4.69, 9.17) is 0 Å². The molecule has 1 fully saturated rings. The number of anilines is 1. The van der Waals surface area contributed by atoms with E-state index in [0.717, 1.165) is 11.3 Å². The lowest BCUT2D eigenvalue weighted by molar-refractivity contribution is -0.385. The number of carboxylic acid groups (broad SMARTS) is 1. The van der Waals surface area contributed by atoms with Gasteiger partial charge in [-0.15, -0.1) is 0 Å². The van der Waals surface area contributed by atoms with E-state index in [9.17, 15) is 33.2 Å². The fraction of sp³-hybridized carbons (Fsp3) is 0.290. The molecule has 13 heteroatoms. The standard InChI is InChI=1S/C31H33N5O7S/c1-22(2)29(31(38)39)33-44(42,43)35-18-16-34(17-19-35)26-13-10-23(11-14-26)8-9-24-12-15-28(36(40)41)27(20-24)30(37)32-21-25-6-4-3-5-7-25/h3-7,10-15,20,22,29,33H,16-19,21H2,1-2H3,(H,32,37)(H,38,39). The van der Waals surface area contributed by atoms with E-state index in [0.29, 0.717) is 24.2 Å². The minimum Gasteiger partial charge on any atom is -0.480 e. The Kier molecular flexibility index (Phi) is 10.3. The van der Waals surface area contributed by atoms with Crippen LogP contribution in [0.25, 0.3) is 0 Å². The molecule has 0 radical (unpaired) electrons. The molecule has 3 N–H and O–H groups in total. The summed E-state index contributed by atoms with van der Waals surface area (Å²) in [5, 5.41) is 23.6. The first kappa shape index (κ1) is 32.2. The summed E-state index contributed by atoms with van der Waals surface area (Å²) in [6.07, 6.45) is 0. The van der Waals surface area contributed by atoms with Gasteiger partial charge in [-0.3, -0.25) is 19.7 Å². The smallest absolute Gasteiger partial charge is 0.322 e. The van der Waals surface area contributed by atoms with Crippen LogP contribution in [-0.2, 0) is 21.5 Å². The van der Waals surface area contributed by atoms with Crippen molar-refractivity contribution < 1.29 is 28.0 Å². The van der Waals surface area contributed by atoms with E-state index in [1.807, 2.05) is 59.5 Å². The van der Waals surface area contributed by atoms with Crippen LogP contribution in [0.4, 0.5) is 11.4 Å². The van der Waals surface area contributed by atoms with E-state index in [1.165, 1.54) is 22.5 Å². The number of hydrogen-bond donors (Lipinski definition) is 3. The van der Waals surface area contributed by atoms with Crippen LogP contribution in [0.15, 0.2) is 72.8 Å². The van der Waals surface area contributed by atoms with Gasteiger partial charge in [-0.25, -0.2) is 0 Å². The fourth-order valence-electron chi connectivity index (χ4n) is 4.62. The number of benzene rings is 3. The quantitative estimate of drug-likeness (QED) is 0.177. The highest BCUT2D eigenvalue weighted by Crippen LogP contribution is 2.21. The Bertz CT molecular complexity index is 1680. The van der Waals surface area contributed by atoms with E-state index < -0.39 is 39.0 Å². The second-order valence-corrected chi connectivity index (χ2v) is 12.2. The zero-order valence-corrected chi connectivity index (χ0v) is 25.1. The van der Waals surface area contributed by atoms with Crippen molar-refractivity contribution in [1.29, 1.82) is 0 Å². The predicted molar refractivity (Wildman–Crippen MR) is 165 cm³/mol. The topological polar surface area (TPSA) is 162 Å². The molecule has 3 aromatic carbocycles. The number of amides is 1. The zero-order chi connectivity index (χ0) is 31.9. The summed E-state index contributed by atoms with van der Waals surface area (Å²) in [5.74, 6) is 3.78. The van der Waals surface area contributed by atoms with Gasteiger partial charge in [0.15, 0.2) is 0 Å². The van der Waals surface area contributed by atoms with Crippen molar-refractivity contribution in [3.8, 4) is 11.8 Å². The summed E-state index contributed by atoms with van der Waals surface area (Å²) in [4.78, 5) is 37.2. The van der Waals surface area contributed by atoms with E-state index in [2.05, 4.69) is 21.9 Å². The third-order valence-electron chi connectivity index (χ3n) is 7.10. The van der Waals surface area contributed by atoms with Crippen molar-refractivity contribution in [3.63, 3.8) is 0 Å². The number of nitrogens with one attached hydrogen (secondary N) is 2. The highest BCUT2D eigenvalue weighted by atomic mass is 32.2. The van der Waals surface area contributed by atoms with Gasteiger partial charge >= 0.3 is 5.97 Å². The predicted octanol–water partition coefficient (Wildman–Crippen LogP) is 2.99. The number of carbonyl (C=O) groups is 2. The molecular weight excluding hydrogens is 586 g/mol. The number of nitro groups is 1. The third kappa shape index (κ3) is 8.19. The number of rotatable bonds is 10. The number of hydrogen-bond acceptors (Lipinski definition) is 7. The Balaban J connectivity index is 1.39. The number of piperazine rings is 1. The molecule has 1 unspecified atom stereocenters. The van der Waals surface area contributed by atoms with Gasteiger partial charge in [-0.05, 0) is 47.9 Å². The molecule has 0 aromatic heterocycles. The third-order valence-corrected chi connectivity index (χ3v) is 8.70. The van der Waals surface area contributed by atoms with E-state index in [1.54, 1.807) is 13.8 Å². The second kappa shape index (κ2) is 14.1. The van der Waals surface area contributed by atoms with Crippen LogP contribution < -0.4 is 14.9 Å². The normalized spacial score (nSPS) is 14.4. The van der Waals surface area contributed by atoms with Gasteiger partial charge in [-0.2, -0.15) is 17.4 Å². The number of nitrogens with zero attached hydrogens (tertiary/aromatic N) is 3. The molecule has 1 amide bonds. The second-order valence-electron chi connectivity index (χ2n) is 10.5. The van der Waals surface area contributed by atoms with Gasteiger partial charge in [0.2, 0.25) is 0 Å². The van der Waals surface area contributed by atoms with Crippen LogP contribution in [-0.4, -0.2) is 66.9 Å². The summed E-state index contributed by atoms with van der Waals surface area (Å²) in [6.45, 7) is 4.74. The molecule has 230 valence electrons. The fourth-order valence-corrected chi connectivity index (χ4v) is 6.11. The number of aliphatic carboxylic acids is 1. The number of carboxylic acids is 1. The molecule has 3 aromatic rings. The van der Waals surface area contributed by atoms with Crippen molar-refractivity contribution >= 4 is 33.5 Å². The number of carbonyl (C=O) groups excluding carboxylic acids is 1. The van der Waals surface area contributed by atoms with Crippen LogP contribution in [0.2, 0.25) is 0 Å². The molecule has 1 saturated heterocycles. The lowest BCUT2D eigenvalue weighted by Crippen LogP contribution is -2.55. The minimum atomic E-state index is -3.96. The van der Waals surface area contributed by atoms with Crippen molar-refractivity contribution in [3.05, 3.63) is 105 Å². The van der Waals surface area contributed by atoms with Crippen molar-refractivity contribution in [2.45, 2.75) is 26.4 Å². The molecule has 1 aliphatic heterocycles. The maximum Gasteiger partial charge on any atom is 0.322 e. The lowest BCUT2D eigenvalue weighted by Gasteiger charge is -2.36. The molecule has 1 aliphatic rings. The first-order valence-corrected chi connectivity index (χ1v) is 15.4. The zero-order valence-electron chi connectivity index (χ0n) is 24.3. The Morgan fingerprint density at radius 3 is 2.16 bits per heavy atom. The Labute approximate surface area is 256 Å². The van der Waals surface area contributed by atoms with Gasteiger partial charge in [0, 0.05) is 55.6 Å². The largest absolute Gasteiger partial charge is 0.480 e. The van der Waals surface area contributed by atoms with Crippen LogP contribution in [0.1, 0.15) is 40.9 Å². The molecule has 1 heterocycles. The molecule has 44 heavy (non-hydrogen) atoms. The van der Waals surface area contributed by atoms with Crippen LogP contribution in [0.3, 0.4) is 0 Å². The van der Waals surface area contributed by atoms with Crippen LogP contribution >= 0.6 is 0 Å². The van der Waals surface area contributed by atoms with Crippen molar-refractivity contribution in [2.24, 2.45) is 5.92 Å². The summed E-state index contributed by atoms with van der Waals surface area (Å²) in [7, 11) is -3.96. The summed E-state index contributed by atoms with van der Waals surface area (Å²) < 4.78 is 29.0. The van der Waals surface area contributed by atoms with Crippen LogP contribution in [0.5, 0.6) is 0 Å². The molecular formula is C31H33N5O7S. The summed E-state index contributed by atoms with van der Waals surface area (Å²) >= 11 is 0. The van der Waals surface area contributed by atoms with Crippen molar-refractivity contribution in [1.82, 2.24) is 14.3 Å². The summed E-state index contributed by atoms with van der Waals surface area (Å²) in [6, 6.07) is 19.5. The molecule has 12 nitrogen and oxygen atoms in total. The first-order valence-electron chi connectivity index (χ1n) is 13.9. The summed E-state index contributed by atoms with van der Waals surface area (Å²) in [5.41, 5.74) is 2.48. The monoisotopic (exact) mass is 619 g/mol. The molecule has 1 atom stereocenters. The Morgan fingerprint density at radius 2 is 1.57 bits per heavy atom. The van der Waals surface area contributed by atoms with Gasteiger partial charge in [0.1, 0.15) is 11.6 Å². The first-order chi connectivity index (χ1) is 20.9. The maximum absolute atomic E-state index is 12.8. The Morgan fingerprint density at radius 1 is 0.955 bits per heavy atom. The lowest BCUT2D eigenvalue weighted by atomic mass is 10.1. The molecule has 0 bridgehead atoms. The highest BCUT2D eigenvalue weighted by Gasteiger charge is 2.33. The maximum atomic E-state index is 12.8. The molecule has 0 saturated carbocycles. The average Bonchev–Trinajstić information content (AvgIpc) is 3.02. The van der Waals surface area contributed by atoms with Gasteiger partial charge in [-0.1, -0.05) is 56.0 Å². The van der Waals surface area contributed by atoms with E-state index in [-0.39, 0.29) is 30.9 Å². The SMILES string of the molecule is CC(C)C(NS(=O)(=O)N1CCN(c2ccc(C#Cc3ccc([N+](=O)[O-])c(C(=O)NCc4ccccc4)c3)cc2)CC1)C(=O)O. The van der Waals surface area contributed by atoms with E-state index >= 15 is 0 Å². The molecule has 4 rings (SSSR count). The van der Waals surface area contributed by atoms with Gasteiger partial charge in [0.05, 0.1) is 4.92 Å². The van der Waals surface area contributed by atoms with Gasteiger partial charge in [0.25, 0.3) is 21.8 Å². The van der Waals surface area contributed by atoms with Crippen LogP contribution in [0, 0.1) is 27.9 Å². The average molecular weight is 620 g/mol. The Hall–Kier alpha value is -4.77. The van der Waals surface area contributed by atoms with Gasteiger partial charge < -0.3 is 15.3 Å². The molecule has 0 spiro atoms. The number of nitro benzene ring substituents is 1.